The van der Waals surface area contributed by atoms with Gasteiger partial charge in [0.25, 0.3) is 0 Å². The number of hydrogen-bond donors (Lipinski definition) is 2. The van der Waals surface area contributed by atoms with Crippen molar-refractivity contribution in [3.05, 3.63) is 0 Å². The third-order valence-electron chi connectivity index (χ3n) is 4.21. The van der Waals surface area contributed by atoms with E-state index in [0.717, 1.165) is 45.1 Å². The van der Waals surface area contributed by atoms with Crippen molar-refractivity contribution in [2.75, 3.05) is 39.3 Å². The van der Waals surface area contributed by atoms with Gasteiger partial charge in [-0.15, -0.1) is 0 Å². The summed E-state index contributed by atoms with van der Waals surface area (Å²) in [6, 6.07) is 0.204. The predicted octanol–water partition coefficient (Wildman–Crippen LogP) is 0.195. The Morgan fingerprint density at radius 2 is 2.00 bits per heavy atom. The Balaban J connectivity index is 1.67. The number of piperazine rings is 1. The highest BCUT2D eigenvalue weighted by molar-refractivity contribution is 7.80. The fourth-order valence-electron chi connectivity index (χ4n) is 2.71. The Morgan fingerprint density at radius 3 is 2.50 bits per heavy atom. The van der Waals surface area contributed by atoms with Crippen LogP contribution in [0, 0.1) is 5.92 Å². The summed E-state index contributed by atoms with van der Waals surface area (Å²) in [5.74, 6) is 0.901. The molecule has 1 heterocycles. The Kier molecular flexibility index (Phi) is 5.74. The van der Waals surface area contributed by atoms with Crippen molar-refractivity contribution >= 4 is 23.1 Å². The average Bonchev–Trinajstić information content (AvgIpc) is 3.23. The topological polar surface area (TPSA) is 61.6 Å². The van der Waals surface area contributed by atoms with Crippen LogP contribution in [-0.2, 0) is 4.79 Å². The Bertz CT molecular complexity index is 351. The van der Waals surface area contributed by atoms with Crippen molar-refractivity contribution in [2.45, 2.75) is 32.2 Å². The highest BCUT2D eigenvalue weighted by Gasteiger charge is 2.26. The van der Waals surface area contributed by atoms with Crippen molar-refractivity contribution in [3.63, 3.8) is 0 Å². The standard InChI is InChI=1S/C14H26N4OS/c1-2-12(14(15)20)18-7-5-17(6-8-18)10-13(19)16-9-11-3-4-11/h11-12H,2-10H2,1H3,(H2,15,20)(H,16,19). The molecule has 3 N–H and O–H groups in total. The van der Waals surface area contributed by atoms with Crippen molar-refractivity contribution in [2.24, 2.45) is 11.7 Å². The molecule has 0 bridgehead atoms. The Hall–Kier alpha value is -0.720. The summed E-state index contributed by atoms with van der Waals surface area (Å²) < 4.78 is 0. The first-order valence-electron chi connectivity index (χ1n) is 7.62. The molecule has 2 rings (SSSR count). The minimum Gasteiger partial charge on any atom is -0.392 e. The molecule has 1 saturated heterocycles. The maximum absolute atomic E-state index is 11.8. The van der Waals surface area contributed by atoms with Gasteiger partial charge in [-0.1, -0.05) is 19.1 Å². The SMILES string of the molecule is CCC(C(N)=S)N1CCN(CC(=O)NCC2CC2)CC1. The maximum Gasteiger partial charge on any atom is 0.234 e. The van der Waals surface area contributed by atoms with Gasteiger partial charge in [-0.05, 0) is 25.2 Å². The summed E-state index contributed by atoms with van der Waals surface area (Å²) in [4.78, 5) is 16.9. The summed E-state index contributed by atoms with van der Waals surface area (Å²) >= 11 is 5.12. The average molecular weight is 298 g/mol. The summed E-state index contributed by atoms with van der Waals surface area (Å²) in [5, 5.41) is 3.02. The summed E-state index contributed by atoms with van der Waals surface area (Å²) in [6.45, 7) is 7.19. The van der Waals surface area contributed by atoms with E-state index in [1.807, 2.05) is 0 Å². The molecule has 2 aliphatic rings. The zero-order valence-electron chi connectivity index (χ0n) is 12.3. The normalized spacial score (nSPS) is 22.4. The second-order valence-corrected chi connectivity index (χ2v) is 6.36. The molecule has 5 nitrogen and oxygen atoms in total. The van der Waals surface area contributed by atoms with Crippen LogP contribution < -0.4 is 11.1 Å². The third-order valence-corrected chi connectivity index (χ3v) is 4.49. The first-order valence-corrected chi connectivity index (χ1v) is 8.03. The number of nitrogens with one attached hydrogen (secondary N) is 1. The summed E-state index contributed by atoms with van der Waals surface area (Å²) in [7, 11) is 0. The van der Waals surface area contributed by atoms with Crippen molar-refractivity contribution in [1.29, 1.82) is 0 Å². The number of thiocarbonyl (C=S) groups is 1. The number of carbonyl (C=O) groups is 1. The smallest absolute Gasteiger partial charge is 0.234 e. The number of amides is 1. The molecule has 0 radical (unpaired) electrons. The number of nitrogens with zero attached hydrogens (tertiary/aromatic N) is 2. The minimum absolute atomic E-state index is 0.159. The summed E-state index contributed by atoms with van der Waals surface area (Å²) in [6.07, 6.45) is 3.50. The molecule has 0 aromatic carbocycles. The lowest BCUT2D eigenvalue weighted by Crippen LogP contribution is -2.54. The molecule has 1 aliphatic heterocycles. The van der Waals surface area contributed by atoms with E-state index in [0.29, 0.717) is 11.5 Å². The van der Waals surface area contributed by atoms with Crippen LogP contribution in [0.15, 0.2) is 0 Å². The summed E-state index contributed by atoms with van der Waals surface area (Å²) in [5.41, 5.74) is 5.78. The van der Waals surface area contributed by atoms with Crippen molar-refractivity contribution < 1.29 is 4.79 Å². The monoisotopic (exact) mass is 298 g/mol. The van der Waals surface area contributed by atoms with Crippen LogP contribution >= 0.6 is 12.2 Å². The van der Waals surface area contributed by atoms with Gasteiger partial charge in [-0.3, -0.25) is 14.6 Å². The largest absolute Gasteiger partial charge is 0.392 e. The highest BCUT2D eigenvalue weighted by atomic mass is 32.1. The molecular weight excluding hydrogens is 272 g/mol. The van der Waals surface area contributed by atoms with Crippen molar-refractivity contribution in [1.82, 2.24) is 15.1 Å². The lowest BCUT2D eigenvalue weighted by atomic mass is 10.1. The molecule has 1 atom stereocenters. The van der Waals surface area contributed by atoms with E-state index in [4.69, 9.17) is 18.0 Å². The van der Waals surface area contributed by atoms with Crippen LogP contribution in [0.2, 0.25) is 0 Å². The van der Waals surface area contributed by atoms with Gasteiger partial charge in [0.1, 0.15) is 0 Å². The molecule has 6 heteroatoms. The van der Waals surface area contributed by atoms with Gasteiger partial charge < -0.3 is 11.1 Å². The van der Waals surface area contributed by atoms with Crippen molar-refractivity contribution in [3.8, 4) is 0 Å². The quantitative estimate of drug-likeness (QED) is 0.657. The lowest BCUT2D eigenvalue weighted by molar-refractivity contribution is -0.122. The maximum atomic E-state index is 11.8. The fraction of sp³-hybridized carbons (Fsp3) is 0.857. The number of carbonyl (C=O) groups excluding carboxylic acids is 1. The Labute approximate surface area is 126 Å². The first kappa shape index (κ1) is 15.7. The van der Waals surface area contributed by atoms with Gasteiger partial charge in [0.2, 0.25) is 5.91 Å². The second-order valence-electron chi connectivity index (χ2n) is 5.89. The molecule has 0 spiro atoms. The zero-order valence-corrected chi connectivity index (χ0v) is 13.1. The van der Waals surface area contributed by atoms with E-state index in [2.05, 4.69) is 22.0 Å². The van der Waals surface area contributed by atoms with Gasteiger partial charge in [0.15, 0.2) is 0 Å². The van der Waals surface area contributed by atoms with E-state index in [9.17, 15) is 4.79 Å². The number of hydrogen-bond acceptors (Lipinski definition) is 4. The van der Waals surface area contributed by atoms with Gasteiger partial charge in [0, 0.05) is 32.7 Å². The van der Waals surface area contributed by atoms with Crippen LogP contribution in [0.3, 0.4) is 0 Å². The minimum atomic E-state index is 0.159. The molecule has 1 amide bonds. The molecule has 1 unspecified atom stereocenters. The van der Waals surface area contributed by atoms with Gasteiger partial charge >= 0.3 is 0 Å². The van der Waals surface area contributed by atoms with E-state index in [1.54, 1.807) is 0 Å². The predicted molar refractivity (Wildman–Crippen MR) is 84.6 cm³/mol. The molecule has 20 heavy (non-hydrogen) atoms. The molecule has 0 aromatic rings. The number of nitrogens with two attached hydrogens (primary N) is 1. The van der Waals surface area contributed by atoms with Gasteiger partial charge in [-0.25, -0.2) is 0 Å². The molecule has 114 valence electrons. The third kappa shape index (κ3) is 4.68. The highest BCUT2D eigenvalue weighted by Crippen LogP contribution is 2.27. The van der Waals surface area contributed by atoms with Crippen LogP contribution in [0.4, 0.5) is 0 Å². The van der Waals surface area contributed by atoms with E-state index >= 15 is 0 Å². The molecule has 2 fully saturated rings. The second kappa shape index (κ2) is 7.33. The number of rotatable bonds is 7. The van der Waals surface area contributed by atoms with E-state index in [-0.39, 0.29) is 11.9 Å². The van der Waals surface area contributed by atoms with Gasteiger partial charge in [0.05, 0.1) is 17.6 Å². The molecule has 1 saturated carbocycles. The van der Waals surface area contributed by atoms with Crippen LogP contribution in [0.1, 0.15) is 26.2 Å². The fourth-order valence-corrected chi connectivity index (χ4v) is 3.03. The Morgan fingerprint density at radius 1 is 1.35 bits per heavy atom. The van der Waals surface area contributed by atoms with E-state index < -0.39 is 0 Å². The van der Waals surface area contributed by atoms with Crippen LogP contribution in [-0.4, -0.2) is 66.0 Å². The zero-order chi connectivity index (χ0) is 14.5. The van der Waals surface area contributed by atoms with E-state index in [1.165, 1.54) is 12.8 Å². The molecular formula is C14H26N4OS. The van der Waals surface area contributed by atoms with Crippen LogP contribution in [0.5, 0.6) is 0 Å². The first-order chi connectivity index (χ1) is 9.60. The lowest BCUT2D eigenvalue weighted by Gasteiger charge is -2.38. The molecule has 1 aliphatic carbocycles. The van der Waals surface area contributed by atoms with Crippen LogP contribution in [0.25, 0.3) is 0 Å². The van der Waals surface area contributed by atoms with Gasteiger partial charge in [-0.2, -0.15) is 0 Å². The molecule has 0 aromatic heterocycles.